The lowest BCUT2D eigenvalue weighted by atomic mass is 10.0. The van der Waals surface area contributed by atoms with E-state index in [1.165, 1.54) is 0 Å². The molecular weight excluding hydrogens is 298 g/mol. The van der Waals surface area contributed by atoms with Crippen molar-refractivity contribution in [2.75, 3.05) is 11.9 Å². The zero-order valence-electron chi connectivity index (χ0n) is 10.1. The van der Waals surface area contributed by atoms with Crippen LogP contribution in [0.1, 0.15) is 30.1 Å². The molecule has 0 radical (unpaired) electrons. The first kappa shape index (κ1) is 13.4. The predicted molar refractivity (Wildman–Crippen MR) is 73.2 cm³/mol. The van der Waals surface area contributed by atoms with Crippen molar-refractivity contribution in [3.63, 3.8) is 0 Å². The Bertz CT molecular complexity index is 450. The number of ether oxygens (including phenoxy) is 1. The standard InChI is InChI=1S/C13H16BrNO3/c1-8-6-10(4-5-18-8)15-9-2-3-11(13(16)17)12(14)7-9/h2-3,7-8,10,15H,4-6H2,1H3,(H,16,17). The molecule has 0 amide bonds. The van der Waals surface area contributed by atoms with Gasteiger partial charge >= 0.3 is 5.97 Å². The normalized spacial score (nSPS) is 23.7. The van der Waals surface area contributed by atoms with Crippen molar-refractivity contribution >= 4 is 27.6 Å². The van der Waals surface area contributed by atoms with Gasteiger partial charge in [-0.1, -0.05) is 0 Å². The molecule has 2 unspecified atom stereocenters. The number of carboxylic acid groups (broad SMARTS) is 1. The van der Waals surface area contributed by atoms with Crippen molar-refractivity contribution in [3.05, 3.63) is 28.2 Å². The molecule has 0 aliphatic carbocycles. The van der Waals surface area contributed by atoms with Crippen LogP contribution < -0.4 is 5.32 Å². The fourth-order valence-corrected chi connectivity index (χ4v) is 2.69. The Labute approximate surface area is 114 Å². The zero-order chi connectivity index (χ0) is 13.1. The average molecular weight is 314 g/mol. The van der Waals surface area contributed by atoms with Gasteiger partial charge in [0.05, 0.1) is 11.7 Å². The second kappa shape index (κ2) is 5.71. The van der Waals surface area contributed by atoms with Crippen LogP contribution in [0.5, 0.6) is 0 Å². The summed E-state index contributed by atoms with van der Waals surface area (Å²) in [6, 6.07) is 5.60. The lowest BCUT2D eigenvalue weighted by molar-refractivity contribution is 0.0232. The summed E-state index contributed by atoms with van der Waals surface area (Å²) in [4.78, 5) is 10.9. The summed E-state index contributed by atoms with van der Waals surface area (Å²) in [5, 5.41) is 12.4. The topological polar surface area (TPSA) is 58.6 Å². The Hall–Kier alpha value is -1.07. The summed E-state index contributed by atoms with van der Waals surface area (Å²) in [7, 11) is 0. The lowest BCUT2D eigenvalue weighted by Gasteiger charge is -2.28. The number of carbonyl (C=O) groups is 1. The molecule has 1 aromatic carbocycles. The van der Waals surface area contributed by atoms with Crippen LogP contribution in [-0.4, -0.2) is 29.8 Å². The van der Waals surface area contributed by atoms with Crippen LogP contribution in [0.2, 0.25) is 0 Å². The Balaban J connectivity index is 2.05. The van der Waals surface area contributed by atoms with Crippen molar-refractivity contribution in [3.8, 4) is 0 Å². The largest absolute Gasteiger partial charge is 0.478 e. The molecule has 4 nitrogen and oxygen atoms in total. The van der Waals surface area contributed by atoms with Gasteiger partial charge in [-0.05, 0) is 53.9 Å². The maximum atomic E-state index is 10.9. The van der Waals surface area contributed by atoms with Gasteiger partial charge in [0.15, 0.2) is 0 Å². The maximum Gasteiger partial charge on any atom is 0.336 e. The fourth-order valence-electron chi connectivity index (χ4n) is 2.14. The summed E-state index contributed by atoms with van der Waals surface area (Å²) >= 11 is 3.28. The van der Waals surface area contributed by atoms with Gasteiger partial charge < -0.3 is 15.2 Å². The number of rotatable bonds is 3. The molecule has 0 spiro atoms. The molecule has 2 rings (SSSR count). The molecule has 1 aliphatic rings. The SMILES string of the molecule is CC1CC(Nc2ccc(C(=O)O)c(Br)c2)CCO1. The fraction of sp³-hybridized carbons (Fsp3) is 0.462. The van der Waals surface area contributed by atoms with Crippen LogP contribution in [0.15, 0.2) is 22.7 Å². The third-order valence-electron chi connectivity index (χ3n) is 3.06. The van der Waals surface area contributed by atoms with E-state index < -0.39 is 5.97 Å². The first-order chi connectivity index (χ1) is 8.56. The molecule has 1 aliphatic heterocycles. The zero-order valence-corrected chi connectivity index (χ0v) is 11.7. The minimum Gasteiger partial charge on any atom is -0.478 e. The number of nitrogens with one attached hydrogen (secondary N) is 1. The summed E-state index contributed by atoms with van der Waals surface area (Å²) in [5.74, 6) is -0.923. The summed E-state index contributed by atoms with van der Waals surface area (Å²) in [6.45, 7) is 2.84. The van der Waals surface area contributed by atoms with Crippen molar-refractivity contribution in [1.29, 1.82) is 0 Å². The second-order valence-corrected chi connectivity index (χ2v) is 5.40. The number of anilines is 1. The van der Waals surface area contributed by atoms with E-state index in [-0.39, 0.29) is 11.7 Å². The molecule has 1 heterocycles. The van der Waals surface area contributed by atoms with Gasteiger partial charge in [-0.15, -0.1) is 0 Å². The van der Waals surface area contributed by atoms with Gasteiger partial charge in [-0.2, -0.15) is 0 Å². The highest BCUT2D eigenvalue weighted by Gasteiger charge is 2.19. The van der Waals surface area contributed by atoms with E-state index in [1.54, 1.807) is 12.1 Å². The van der Waals surface area contributed by atoms with Gasteiger partial charge in [-0.3, -0.25) is 0 Å². The van der Waals surface area contributed by atoms with Crippen LogP contribution in [0, 0.1) is 0 Å². The van der Waals surface area contributed by atoms with Crippen LogP contribution in [0.25, 0.3) is 0 Å². The summed E-state index contributed by atoms with van der Waals surface area (Å²) < 4.78 is 6.09. The Kier molecular flexibility index (Phi) is 4.24. The van der Waals surface area contributed by atoms with Crippen molar-refractivity contribution in [2.24, 2.45) is 0 Å². The van der Waals surface area contributed by atoms with E-state index in [0.29, 0.717) is 10.5 Å². The highest BCUT2D eigenvalue weighted by molar-refractivity contribution is 9.10. The van der Waals surface area contributed by atoms with Crippen LogP contribution >= 0.6 is 15.9 Å². The Morgan fingerprint density at radius 2 is 2.33 bits per heavy atom. The first-order valence-corrected chi connectivity index (χ1v) is 6.76. The van der Waals surface area contributed by atoms with Gasteiger partial charge in [0.2, 0.25) is 0 Å². The molecule has 5 heteroatoms. The Morgan fingerprint density at radius 3 is 2.94 bits per heavy atom. The molecule has 2 N–H and O–H groups in total. The van der Waals surface area contributed by atoms with Gasteiger partial charge in [-0.25, -0.2) is 4.79 Å². The molecule has 0 saturated carbocycles. The second-order valence-electron chi connectivity index (χ2n) is 4.55. The highest BCUT2D eigenvalue weighted by Crippen LogP contribution is 2.24. The summed E-state index contributed by atoms with van der Waals surface area (Å²) in [5.41, 5.74) is 1.21. The van der Waals surface area contributed by atoms with Crippen molar-refractivity contribution in [1.82, 2.24) is 0 Å². The maximum absolute atomic E-state index is 10.9. The summed E-state index contributed by atoms with van der Waals surface area (Å²) in [6.07, 6.45) is 2.22. The smallest absolute Gasteiger partial charge is 0.336 e. The van der Waals surface area contributed by atoms with Crippen molar-refractivity contribution < 1.29 is 14.6 Å². The highest BCUT2D eigenvalue weighted by atomic mass is 79.9. The average Bonchev–Trinajstić information content (AvgIpc) is 2.28. The molecule has 18 heavy (non-hydrogen) atoms. The van der Waals surface area contributed by atoms with E-state index in [1.807, 2.05) is 6.07 Å². The number of carboxylic acids is 1. The molecule has 98 valence electrons. The van der Waals surface area contributed by atoms with Crippen molar-refractivity contribution in [2.45, 2.75) is 31.9 Å². The minimum atomic E-state index is -0.923. The number of aromatic carboxylic acids is 1. The monoisotopic (exact) mass is 313 g/mol. The number of benzene rings is 1. The number of hydrogen-bond donors (Lipinski definition) is 2. The predicted octanol–water partition coefficient (Wildman–Crippen LogP) is 3.13. The van der Waals surface area contributed by atoms with Gasteiger partial charge in [0, 0.05) is 22.8 Å². The molecule has 0 bridgehead atoms. The van der Waals surface area contributed by atoms with E-state index in [0.717, 1.165) is 25.1 Å². The Morgan fingerprint density at radius 1 is 1.56 bits per heavy atom. The third kappa shape index (κ3) is 3.23. The van der Waals surface area contributed by atoms with E-state index >= 15 is 0 Å². The molecule has 1 aromatic rings. The molecule has 1 saturated heterocycles. The van der Waals surface area contributed by atoms with Crippen LogP contribution in [-0.2, 0) is 4.74 Å². The molecular formula is C13H16BrNO3. The van der Waals surface area contributed by atoms with E-state index in [9.17, 15) is 4.79 Å². The van der Waals surface area contributed by atoms with Gasteiger partial charge in [0.1, 0.15) is 0 Å². The number of halogens is 1. The molecule has 2 atom stereocenters. The van der Waals surface area contributed by atoms with Crippen LogP contribution in [0.4, 0.5) is 5.69 Å². The molecule has 0 aromatic heterocycles. The first-order valence-electron chi connectivity index (χ1n) is 5.97. The lowest BCUT2D eigenvalue weighted by Crippen LogP contribution is -2.32. The minimum absolute atomic E-state index is 0.276. The molecule has 1 fully saturated rings. The quantitative estimate of drug-likeness (QED) is 0.900. The van der Waals surface area contributed by atoms with Crippen LogP contribution in [0.3, 0.4) is 0 Å². The third-order valence-corrected chi connectivity index (χ3v) is 3.71. The van der Waals surface area contributed by atoms with E-state index in [4.69, 9.17) is 9.84 Å². The van der Waals surface area contributed by atoms with Gasteiger partial charge in [0.25, 0.3) is 0 Å². The number of hydrogen-bond acceptors (Lipinski definition) is 3. The van der Waals surface area contributed by atoms with E-state index in [2.05, 4.69) is 28.2 Å².